The Hall–Kier alpha value is -4.48. The molecular formula is C33H41N9O2. The molecule has 2 fully saturated rings. The third kappa shape index (κ3) is 5.97. The standard InChI is InChI=1S/C33H41N9O2/c1-40-14-16-42(17-15-40)24-11-9-23(10-12-24)38-32-29(31(35)36-20-37-32)30(34)22-8-13-25(28(19-22)44-3)39-33(43)27-18-21-6-4-5-7-26(21)41(27)2/h4-8,13,18-20,23-24,34H,9-12,14-17H2,1-3H3,(H,39,43)(H3,35,36,37,38). The van der Waals surface area contributed by atoms with E-state index in [2.05, 4.69) is 37.4 Å². The van der Waals surface area contributed by atoms with E-state index in [0.29, 0.717) is 40.1 Å². The second-order valence-electron chi connectivity index (χ2n) is 11.9. The number of fused-ring (bicyclic) bond motifs is 1. The lowest BCUT2D eigenvalue weighted by Gasteiger charge is -2.41. The van der Waals surface area contributed by atoms with Crippen molar-refractivity contribution in [1.29, 1.82) is 5.41 Å². The van der Waals surface area contributed by atoms with Gasteiger partial charge in [0.1, 0.15) is 29.4 Å². The molecule has 0 spiro atoms. The molecule has 11 heteroatoms. The van der Waals surface area contributed by atoms with Crippen LogP contribution < -0.4 is 21.1 Å². The number of para-hydroxylation sites is 1. The quantitative estimate of drug-likeness (QED) is 0.223. The number of hydrogen-bond acceptors (Lipinski definition) is 9. The van der Waals surface area contributed by atoms with Gasteiger partial charge < -0.3 is 30.6 Å². The van der Waals surface area contributed by atoms with Crippen LogP contribution in [0.4, 0.5) is 17.3 Å². The molecule has 2 aromatic carbocycles. The third-order valence-corrected chi connectivity index (χ3v) is 9.14. The molecule has 2 aliphatic rings. The van der Waals surface area contributed by atoms with E-state index in [9.17, 15) is 4.79 Å². The lowest BCUT2D eigenvalue weighted by atomic mass is 9.89. The molecule has 0 bridgehead atoms. The van der Waals surface area contributed by atoms with Crippen molar-refractivity contribution in [3.63, 3.8) is 0 Å². The monoisotopic (exact) mass is 595 g/mol. The fourth-order valence-electron chi connectivity index (χ4n) is 6.51. The first kappa shape index (κ1) is 29.6. The number of aryl methyl sites for hydroxylation is 1. The van der Waals surface area contributed by atoms with Crippen molar-refractivity contribution in [3.05, 3.63) is 71.7 Å². The molecule has 230 valence electrons. The number of nitrogens with two attached hydrogens (primary N) is 1. The van der Waals surface area contributed by atoms with E-state index < -0.39 is 0 Å². The van der Waals surface area contributed by atoms with Gasteiger partial charge in [-0.15, -0.1) is 0 Å². The number of likely N-dealkylation sites (N-methyl/N-ethyl adjacent to an activating group) is 1. The summed E-state index contributed by atoms with van der Waals surface area (Å²) in [5.74, 6) is 0.995. The summed E-state index contributed by atoms with van der Waals surface area (Å²) in [6.45, 7) is 4.54. The first-order chi connectivity index (χ1) is 21.3. The van der Waals surface area contributed by atoms with Crippen molar-refractivity contribution in [1.82, 2.24) is 24.3 Å². The number of benzene rings is 2. The van der Waals surface area contributed by atoms with E-state index in [1.54, 1.807) is 25.3 Å². The number of piperazine rings is 1. The van der Waals surface area contributed by atoms with Crippen LogP contribution in [0.5, 0.6) is 5.75 Å². The Morgan fingerprint density at radius 3 is 2.48 bits per heavy atom. The van der Waals surface area contributed by atoms with Crippen molar-refractivity contribution >= 4 is 39.8 Å². The highest BCUT2D eigenvalue weighted by Gasteiger charge is 2.29. The maximum Gasteiger partial charge on any atom is 0.272 e. The Morgan fingerprint density at radius 1 is 1.00 bits per heavy atom. The van der Waals surface area contributed by atoms with Crippen LogP contribution in [-0.2, 0) is 7.05 Å². The minimum absolute atomic E-state index is 0.182. The van der Waals surface area contributed by atoms with Crippen molar-refractivity contribution in [3.8, 4) is 5.75 Å². The van der Waals surface area contributed by atoms with Gasteiger partial charge in [0.05, 0.1) is 24.1 Å². The van der Waals surface area contributed by atoms with E-state index in [1.807, 2.05) is 41.9 Å². The predicted octanol–water partition coefficient (Wildman–Crippen LogP) is 4.20. The second-order valence-corrected chi connectivity index (χ2v) is 11.9. The first-order valence-electron chi connectivity index (χ1n) is 15.2. The molecule has 11 nitrogen and oxygen atoms in total. The van der Waals surface area contributed by atoms with Crippen LogP contribution in [0.15, 0.2) is 54.9 Å². The number of nitrogens with zero attached hydrogens (tertiary/aromatic N) is 5. The van der Waals surface area contributed by atoms with E-state index in [-0.39, 0.29) is 23.5 Å². The van der Waals surface area contributed by atoms with Crippen molar-refractivity contribution in [2.75, 3.05) is 56.7 Å². The molecule has 0 atom stereocenters. The lowest BCUT2D eigenvalue weighted by molar-refractivity contribution is 0.0894. The molecule has 1 aliphatic heterocycles. The number of ether oxygens (including phenoxy) is 1. The highest BCUT2D eigenvalue weighted by Crippen LogP contribution is 2.32. The number of nitrogen functional groups attached to an aromatic ring is 1. The van der Waals surface area contributed by atoms with Crippen LogP contribution in [0.2, 0.25) is 0 Å². The molecule has 1 saturated carbocycles. The van der Waals surface area contributed by atoms with E-state index >= 15 is 0 Å². The molecule has 44 heavy (non-hydrogen) atoms. The summed E-state index contributed by atoms with van der Waals surface area (Å²) in [4.78, 5) is 27.0. The van der Waals surface area contributed by atoms with E-state index in [1.165, 1.54) is 6.33 Å². The predicted molar refractivity (Wildman–Crippen MR) is 175 cm³/mol. The summed E-state index contributed by atoms with van der Waals surface area (Å²) >= 11 is 0. The molecule has 5 N–H and O–H groups in total. The highest BCUT2D eigenvalue weighted by molar-refractivity contribution is 6.17. The molecule has 3 heterocycles. The van der Waals surface area contributed by atoms with Gasteiger partial charge in [0.25, 0.3) is 5.91 Å². The number of carbonyl (C=O) groups is 1. The zero-order valence-corrected chi connectivity index (χ0v) is 25.6. The van der Waals surface area contributed by atoms with Crippen molar-refractivity contribution in [2.24, 2.45) is 7.05 Å². The average molecular weight is 596 g/mol. The van der Waals surface area contributed by atoms with Crippen LogP contribution in [-0.4, -0.2) is 88.4 Å². The first-order valence-corrected chi connectivity index (χ1v) is 15.2. The maximum atomic E-state index is 13.2. The Morgan fingerprint density at radius 2 is 1.75 bits per heavy atom. The minimum atomic E-state index is -0.251. The van der Waals surface area contributed by atoms with Gasteiger partial charge in [0.15, 0.2) is 0 Å². The zero-order valence-electron chi connectivity index (χ0n) is 25.6. The van der Waals surface area contributed by atoms with Gasteiger partial charge in [-0.3, -0.25) is 15.1 Å². The van der Waals surface area contributed by atoms with Crippen LogP contribution in [0, 0.1) is 5.41 Å². The number of hydrogen-bond donors (Lipinski definition) is 4. The van der Waals surface area contributed by atoms with Crippen LogP contribution in [0.3, 0.4) is 0 Å². The largest absolute Gasteiger partial charge is 0.495 e. The number of nitrogens with one attached hydrogen (secondary N) is 3. The van der Waals surface area contributed by atoms with Gasteiger partial charge in [-0.1, -0.05) is 24.3 Å². The van der Waals surface area contributed by atoms with Gasteiger partial charge in [-0.25, -0.2) is 9.97 Å². The van der Waals surface area contributed by atoms with Gasteiger partial charge in [-0.2, -0.15) is 0 Å². The molecule has 2 aromatic heterocycles. The van der Waals surface area contributed by atoms with Crippen molar-refractivity contribution < 1.29 is 9.53 Å². The molecule has 0 radical (unpaired) electrons. The average Bonchev–Trinajstić information content (AvgIpc) is 3.38. The van der Waals surface area contributed by atoms with Crippen molar-refractivity contribution in [2.45, 2.75) is 37.8 Å². The number of carbonyl (C=O) groups excluding carboxylic acids is 1. The number of rotatable bonds is 8. The van der Waals surface area contributed by atoms with Gasteiger partial charge in [0.2, 0.25) is 0 Å². The molecule has 1 amide bonds. The number of aromatic nitrogens is 3. The molecule has 0 unspecified atom stereocenters. The fraction of sp³-hybridized carbons (Fsp3) is 0.394. The SMILES string of the molecule is COc1cc(C(=N)c2c(N)ncnc2NC2CCC(N3CCN(C)CC3)CC2)ccc1NC(=O)c1cc2ccccc2n1C. The summed E-state index contributed by atoms with van der Waals surface area (Å²) in [6.07, 6.45) is 5.78. The maximum absolute atomic E-state index is 13.2. The van der Waals surface area contributed by atoms with Crippen LogP contribution >= 0.6 is 0 Å². The zero-order chi connectivity index (χ0) is 30.8. The Balaban J connectivity index is 1.16. The number of anilines is 3. The van der Waals surface area contributed by atoms with Gasteiger partial charge >= 0.3 is 0 Å². The summed E-state index contributed by atoms with van der Waals surface area (Å²) in [7, 11) is 5.60. The topological polar surface area (TPSA) is 137 Å². The third-order valence-electron chi connectivity index (χ3n) is 9.14. The molecule has 1 saturated heterocycles. The van der Waals surface area contributed by atoms with Crippen LogP contribution in [0.1, 0.15) is 47.3 Å². The highest BCUT2D eigenvalue weighted by atomic mass is 16.5. The minimum Gasteiger partial charge on any atom is -0.495 e. The summed E-state index contributed by atoms with van der Waals surface area (Å²) in [6, 6.07) is 15.9. The van der Waals surface area contributed by atoms with E-state index in [4.69, 9.17) is 15.9 Å². The summed E-state index contributed by atoms with van der Waals surface area (Å²) < 4.78 is 7.51. The molecular weight excluding hydrogens is 554 g/mol. The molecule has 4 aromatic rings. The number of amides is 1. The smallest absolute Gasteiger partial charge is 0.272 e. The van der Waals surface area contributed by atoms with Crippen LogP contribution in [0.25, 0.3) is 10.9 Å². The Labute approximate surface area is 257 Å². The van der Waals surface area contributed by atoms with E-state index in [0.717, 1.165) is 62.8 Å². The van der Waals surface area contributed by atoms with Gasteiger partial charge in [0, 0.05) is 61.8 Å². The summed E-state index contributed by atoms with van der Waals surface area (Å²) in [5, 5.41) is 16.6. The fourth-order valence-corrected chi connectivity index (χ4v) is 6.51. The van der Waals surface area contributed by atoms with Gasteiger partial charge in [-0.05, 0) is 57.0 Å². The lowest BCUT2D eigenvalue weighted by Crippen LogP contribution is -2.50. The molecule has 1 aliphatic carbocycles. The summed E-state index contributed by atoms with van der Waals surface area (Å²) in [5.41, 5.74) is 9.58. The molecule has 6 rings (SSSR count). The Bertz CT molecular complexity index is 1670. The Kier molecular flexibility index (Phi) is 8.49. The normalized spacial score (nSPS) is 19.5. The number of methoxy groups -OCH3 is 1. The second kappa shape index (κ2) is 12.6.